The normalized spacial score (nSPS) is 11.0. The fourth-order valence-electron chi connectivity index (χ4n) is 2.20. The van der Waals surface area contributed by atoms with Crippen LogP contribution in [0.25, 0.3) is 20.4 Å². The number of nitrogens with zero attached hydrogens (tertiary/aromatic N) is 3. The molecule has 0 spiro atoms. The lowest BCUT2D eigenvalue weighted by atomic mass is 10.2. The van der Waals surface area contributed by atoms with Crippen LogP contribution in [0.5, 0.6) is 0 Å². The highest BCUT2D eigenvalue weighted by Crippen LogP contribution is 2.32. The van der Waals surface area contributed by atoms with E-state index in [9.17, 15) is 4.79 Å². The molecule has 0 aliphatic heterocycles. The topological polar surface area (TPSA) is 73.8 Å². The summed E-state index contributed by atoms with van der Waals surface area (Å²) in [6.45, 7) is 0.476. The highest BCUT2D eigenvalue weighted by Gasteiger charge is 2.14. The summed E-state index contributed by atoms with van der Waals surface area (Å²) in [5.74, 6) is 0. The van der Waals surface area contributed by atoms with Crippen molar-refractivity contribution in [2.75, 3.05) is 5.73 Å². The van der Waals surface area contributed by atoms with E-state index in [1.807, 2.05) is 6.07 Å². The highest BCUT2D eigenvalue weighted by molar-refractivity contribution is 7.25. The van der Waals surface area contributed by atoms with Gasteiger partial charge in [-0.15, -0.1) is 11.3 Å². The average Bonchev–Trinajstić information content (AvgIpc) is 3.10. The number of anilines is 1. The molecular formula is C14H8N4OS2. The largest absolute Gasteiger partial charge is 0.398 e. The Kier molecular flexibility index (Phi) is 2.67. The number of pyridine rings is 1. The van der Waals surface area contributed by atoms with E-state index in [0.717, 1.165) is 15.1 Å². The van der Waals surface area contributed by atoms with Gasteiger partial charge < -0.3 is 5.73 Å². The zero-order valence-corrected chi connectivity index (χ0v) is 12.3. The summed E-state index contributed by atoms with van der Waals surface area (Å²) in [4.78, 5) is 23.0. The van der Waals surface area contributed by atoms with E-state index < -0.39 is 0 Å². The molecule has 0 aliphatic rings. The Balaban J connectivity index is 1.97. The predicted molar refractivity (Wildman–Crippen MR) is 84.7 cm³/mol. The number of hydrogen-bond acceptors (Lipinski definition) is 6. The van der Waals surface area contributed by atoms with Crippen LogP contribution >= 0.6 is 22.7 Å². The number of nitrogens with two attached hydrogens (primary N) is 1. The fraction of sp³-hybridized carbons (Fsp3) is 0.0714. The Morgan fingerprint density at radius 3 is 3.10 bits per heavy atom. The molecule has 4 aromatic rings. The van der Waals surface area contributed by atoms with E-state index in [1.165, 1.54) is 22.7 Å². The van der Waals surface area contributed by atoms with Crippen LogP contribution in [0.4, 0.5) is 5.69 Å². The molecule has 21 heavy (non-hydrogen) atoms. The molecule has 0 aliphatic carbocycles. The van der Waals surface area contributed by atoms with Crippen LogP contribution in [-0.4, -0.2) is 14.5 Å². The van der Waals surface area contributed by atoms with Gasteiger partial charge in [-0.2, -0.15) is 0 Å². The Hall–Kier alpha value is -2.43. The zero-order valence-electron chi connectivity index (χ0n) is 10.7. The molecule has 2 N–H and O–H groups in total. The molecule has 4 rings (SSSR count). The van der Waals surface area contributed by atoms with Crippen LogP contribution in [0.15, 0.2) is 29.5 Å². The molecule has 4 heterocycles. The molecule has 5 nitrogen and oxygen atoms in total. The van der Waals surface area contributed by atoms with E-state index in [1.54, 1.807) is 23.2 Å². The van der Waals surface area contributed by atoms with Crippen molar-refractivity contribution in [3.63, 3.8) is 0 Å². The third kappa shape index (κ3) is 1.88. The van der Waals surface area contributed by atoms with Gasteiger partial charge in [0.1, 0.15) is 9.53 Å². The maximum absolute atomic E-state index is 12.6. The van der Waals surface area contributed by atoms with Gasteiger partial charge in [0.05, 0.1) is 23.8 Å². The standard InChI is InChI=1S/C14H8N4OS2/c15-9-3-4-16-13-10(9)11-12(21-13)14(19)18(7-17-11)6-8-2-1-5-20-8/h2-4,7H,6H2,(H2,15,16). The number of rotatable bonds is 2. The van der Waals surface area contributed by atoms with Crippen molar-refractivity contribution >= 4 is 48.8 Å². The third-order valence-electron chi connectivity index (χ3n) is 3.18. The van der Waals surface area contributed by atoms with Gasteiger partial charge in [-0.05, 0) is 11.4 Å². The Labute approximate surface area is 127 Å². The van der Waals surface area contributed by atoms with Crippen molar-refractivity contribution < 1.29 is 0 Å². The van der Waals surface area contributed by atoms with E-state index in [-0.39, 0.29) is 5.56 Å². The number of aromatic nitrogens is 3. The molecule has 7 heteroatoms. The van der Waals surface area contributed by atoms with Gasteiger partial charge in [0.2, 0.25) is 0 Å². The van der Waals surface area contributed by atoms with Crippen molar-refractivity contribution in [3.8, 4) is 0 Å². The average molecular weight is 312 g/mol. The number of thiophene rings is 1. The van der Waals surface area contributed by atoms with E-state index in [0.29, 0.717) is 22.4 Å². The van der Waals surface area contributed by atoms with Gasteiger partial charge in [-0.1, -0.05) is 17.4 Å². The summed E-state index contributed by atoms with van der Waals surface area (Å²) < 4.78 is 2.17. The van der Waals surface area contributed by atoms with E-state index >= 15 is 0 Å². The molecule has 0 atom stereocenters. The fourth-order valence-corrected chi connectivity index (χ4v) is 3.85. The van der Waals surface area contributed by atoms with Gasteiger partial charge >= 0.3 is 0 Å². The minimum atomic E-state index is -0.0733. The van der Waals surface area contributed by atoms with Gasteiger partial charge in [0.15, 0.2) is 0 Å². The van der Waals surface area contributed by atoms with Gasteiger partial charge in [0.25, 0.3) is 5.56 Å². The Morgan fingerprint density at radius 2 is 2.29 bits per heavy atom. The molecule has 0 fully saturated rings. The molecule has 0 saturated carbocycles. The summed E-state index contributed by atoms with van der Waals surface area (Å²) in [6, 6.07) is 6.42. The first kappa shape index (κ1) is 12.3. The second-order valence-corrected chi connectivity index (χ2v) is 6.43. The summed E-state index contributed by atoms with van der Waals surface area (Å²) in [5.41, 5.74) is 7.13. The summed E-state index contributed by atoms with van der Waals surface area (Å²) in [6.07, 6.45) is 3.20. The lowest BCUT2D eigenvalue weighted by Crippen LogP contribution is -2.19. The van der Waals surface area contributed by atoms with Gasteiger partial charge in [-0.3, -0.25) is 9.36 Å². The molecule has 0 bridgehead atoms. The maximum Gasteiger partial charge on any atom is 0.271 e. The van der Waals surface area contributed by atoms with Crippen molar-refractivity contribution in [1.82, 2.24) is 14.5 Å². The van der Waals surface area contributed by atoms with Crippen LogP contribution in [0, 0.1) is 11.4 Å². The molecule has 0 radical (unpaired) electrons. The first-order valence-electron chi connectivity index (χ1n) is 6.12. The lowest BCUT2D eigenvalue weighted by molar-refractivity contribution is 0.760. The molecule has 0 amide bonds. The molecular weight excluding hydrogens is 304 g/mol. The monoisotopic (exact) mass is 312 g/mol. The van der Waals surface area contributed by atoms with Gasteiger partial charge in [-0.25, -0.2) is 9.97 Å². The smallest absolute Gasteiger partial charge is 0.271 e. The Morgan fingerprint density at radius 1 is 1.38 bits per heavy atom. The highest BCUT2D eigenvalue weighted by atomic mass is 32.1. The molecule has 102 valence electrons. The van der Waals surface area contributed by atoms with Crippen molar-refractivity contribution in [3.05, 3.63) is 51.3 Å². The van der Waals surface area contributed by atoms with Crippen molar-refractivity contribution in [2.45, 2.75) is 6.54 Å². The van der Waals surface area contributed by atoms with Crippen LogP contribution < -0.4 is 11.3 Å². The van der Waals surface area contributed by atoms with Crippen LogP contribution in [0.2, 0.25) is 0 Å². The SMILES string of the molecule is Nc1ccnc2sc3c(=O)n(Cc4cc#cs4)cnc3c12. The molecule has 0 unspecified atom stereocenters. The lowest BCUT2D eigenvalue weighted by Gasteiger charge is -2.02. The van der Waals surface area contributed by atoms with Crippen molar-refractivity contribution in [2.24, 2.45) is 0 Å². The molecule has 4 aromatic heterocycles. The molecule has 0 saturated heterocycles. The van der Waals surface area contributed by atoms with Crippen molar-refractivity contribution in [1.29, 1.82) is 0 Å². The summed E-state index contributed by atoms with van der Waals surface area (Å²) in [7, 11) is 0. The predicted octanol–water partition coefficient (Wildman–Crippen LogP) is 2.30. The summed E-state index contributed by atoms with van der Waals surface area (Å²) in [5, 5.41) is 3.66. The van der Waals surface area contributed by atoms with E-state index in [2.05, 4.69) is 21.4 Å². The number of nitrogen functional groups attached to an aromatic ring is 1. The quantitative estimate of drug-likeness (QED) is 0.616. The molecule has 0 aromatic carbocycles. The first-order valence-corrected chi connectivity index (χ1v) is 7.76. The maximum atomic E-state index is 12.6. The minimum Gasteiger partial charge on any atom is -0.398 e. The van der Waals surface area contributed by atoms with Crippen LogP contribution in [0.1, 0.15) is 4.88 Å². The van der Waals surface area contributed by atoms with Crippen LogP contribution in [0.3, 0.4) is 0 Å². The Bertz CT molecular complexity index is 1000. The van der Waals surface area contributed by atoms with Gasteiger partial charge in [0, 0.05) is 22.8 Å². The van der Waals surface area contributed by atoms with E-state index in [4.69, 9.17) is 5.73 Å². The second-order valence-electron chi connectivity index (χ2n) is 4.50. The third-order valence-corrected chi connectivity index (χ3v) is 4.98. The second kappa shape index (κ2) is 4.55. The zero-order chi connectivity index (χ0) is 14.4. The summed E-state index contributed by atoms with van der Waals surface area (Å²) >= 11 is 2.77. The first-order chi connectivity index (χ1) is 10.2. The van der Waals surface area contributed by atoms with Crippen LogP contribution in [-0.2, 0) is 6.54 Å². The number of hydrogen-bond donors (Lipinski definition) is 1. The number of fused-ring (bicyclic) bond motifs is 3. The minimum absolute atomic E-state index is 0.0733.